The minimum Gasteiger partial charge on any atom is -0.398 e. The van der Waals surface area contributed by atoms with E-state index >= 15 is 0 Å². The smallest absolute Gasteiger partial charge is 0.230 e. The Bertz CT molecular complexity index is 1200. The van der Waals surface area contributed by atoms with Gasteiger partial charge in [0.05, 0.1) is 6.04 Å². The van der Waals surface area contributed by atoms with Gasteiger partial charge in [-0.1, -0.05) is 6.07 Å². The number of nitrogen functional groups attached to an aromatic ring is 3. The summed E-state index contributed by atoms with van der Waals surface area (Å²) in [7, 11) is 0. The molecule has 2 aromatic carbocycles. The van der Waals surface area contributed by atoms with E-state index in [1.54, 1.807) is 0 Å². The molecule has 4 aliphatic rings. The summed E-state index contributed by atoms with van der Waals surface area (Å²) in [5.74, 6) is 1.73. The average molecular weight is 443 g/mol. The van der Waals surface area contributed by atoms with Crippen molar-refractivity contribution in [3.8, 4) is 0 Å². The van der Waals surface area contributed by atoms with Crippen LogP contribution in [0.5, 0.6) is 0 Å². The van der Waals surface area contributed by atoms with Gasteiger partial charge in [0.15, 0.2) is 0 Å². The van der Waals surface area contributed by atoms with Crippen molar-refractivity contribution in [2.45, 2.75) is 44.1 Å². The number of anilines is 3. The predicted molar refractivity (Wildman–Crippen MR) is 131 cm³/mol. The molecule has 3 fully saturated rings. The second-order valence-corrected chi connectivity index (χ2v) is 10.3. The van der Waals surface area contributed by atoms with E-state index in [2.05, 4.69) is 0 Å². The summed E-state index contributed by atoms with van der Waals surface area (Å²) >= 11 is 0. The topological polar surface area (TPSA) is 146 Å². The fourth-order valence-corrected chi connectivity index (χ4v) is 7.05. The molecule has 6 rings (SSSR count). The third-order valence-electron chi connectivity index (χ3n) is 8.53. The fraction of sp³-hybridized carbons (Fsp3) is 0.423. The van der Waals surface area contributed by atoms with Crippen molar-refractivity contribution in [2.75, 3.05) is 16.4 Å². The number of nitrogens with zero attached hydrogens (tertiary/aromatic N) is 1. The minimum absolute atomic E-state index is 0.0533. The quantitative estimate of drug-likeness (QED) is 0.279. The first-order chi connectivity index (χ1) is 15.9. The fourth-order valence-electron chi connectivity index (χ4n) is 7.05. The molecule has 3 aliphatic carbocycles. The molecule has 2 bridgehead atoms. The Morgan fingerprint density at radius 1 is 1.03 bits per heavy atom. The van der Waals surface area contributed by atoms with Gasteiger partial charge in [0, 0.05) is 40.3 Å². The molecule has 170 valence electrons. The lowest BCUT2D eigenvalue weighted by Crippen LogP contribution is -2.47. The zero-order valence-corrected chi connectivity index (χ0v) is 18.6. The van der Waals surface area contributed by atoms with E-state index in [1.165, 1.54) is 19.1 Å². The van der Waals surface area contributed by atoms with Crippen LogP contribution in [0.4, 0.5) is 17.1 Å². The van der Waals surface area contributed by atoms with Gasteiger partial charge in [0.2, 0.25) is 5.91 Å². The Labute approximate surface area is 193 Å². The average Bonchev–Trinajstić information content (AvgIpc) is 3.45. The molecule has 1 heterocycles. The Hall–Kier alpha value is -3.35. The lowest BCUT2D eigenvalue weighted by molar-refractivity contribution is -0.120. The number of carbonyl (C=O) groups is 1. The number of amides is 1. The Balaban J connectivity index is 1.61. The lowest BCUT2D eigenvalue weighted by atomic mass is 9.66. The van der Waals surface area contributed by atoms with Gasteiger partial charge in [-0.05, 0) is 91.2 Å². The number of hydrogen-bond acceptors (Lipinski definition) is 5. The molecule has 0 radical (unpaired) electrons. The highest BCUT2D eigenvalue weighted by atomic mass is 16.2. The number of fused-ring (bicyclic) bond motifs is 7. The van der Waals surface area contributed by atoms with Gasteiger partial charge in [0.1, 0.15) is 5.84 Å². The van der Waals surface area contributed by atoms with Gasteiger partial charge in [-0.3, -0.25) is 10.2 Å². The number of benzene rings is 2. The molecule has 2 unspecified atom stereocenters. The van der Waals surface area contributed by atoms with Crippen molar-refractivity contribution in [3.05, 3.63) is 52.6 Å². The van der Waals surface area contributed by atoms with Crippen LogP contribution in [0.2, 0.25) is 0 Å². The van der Waals surface area contributed by atoms with Crippen molar-refractivity contribution >= 4 is 35.0 Å². The largest absolute Gasteiger partial charge is 0.398 e. The van der Waals surface area contributed by atoms with Crippen LogP contribution in [0.15, 0.2) is 30.3 Å². The Morgan fingerprint density at radius 3 is 2.45 bits per heavy atom. The van der Waals surface area contributed by atoms with E-state index in [-0.39, 0.29) is 35.5 Å². The maximum absolute atomic E-state index is 13.8. The van der Waals surface area contributed by atoms with Crippen molar-refractivity contribution in [2.24, 2.45) is 29.4 Å². The molecule has 5 atom stereocenters. The predicted octanol–water partition coefficient (Wildman–Crippen LogP) is 3.76. The first-order valence-electron chi connectivity index (χ1n) is 11.9. The number of carbonyl (C=O) groups excluding carboxylic acids is 1. The molecule has 0 aromatic heterocycles. The summed E-state index contributed by atoms with van der Waals surface area (Å²) in [6, 6.07) is 9.42. The maximum atomic E-state index is 13.8. The highest BCUT2D eigenvalue weighted by Gasteiger charge is 2.58. The molecule has 7 nitrogen and oxygen atoms in total. The summed E-state index contributed by atoms with van der Waals surface area (Å²) in [4.78, 5) is 15.8. The zero-order chi connectivity index (χ0) is 23.0. The van der Waals surface area contributed by atoms with Gasteiger partial charge in [-0.25, -0.2) is 0 Å². The van der Waals surface area contributed by atoms with Crippen LogP contribution in [0.25, 0.3) is 0 Å². The summed E-state index contributed by atoms with van der Waals surface area (Å²) < 4.78 is 0. The standard InChI is InChI=1S/C26H30N6O/c27-11-17-19(29)7-8-20-23(17)21-13-3-4-14(9-13)22(21)24(32(20)26(33)12-1-2-12)15-5-6-18(28)16(10-15)25(30)31/h5-8,10-14,21-22,24,27H,1-4,9,28-29H2,(H3,30,31)/t13-,14?,21+,22-,24?/m1/s1. The van der Waals surface area contributed by atoms with E-state index in [0.29, 0.717) is 28.8 Å². The first-order valence-corrected chi connectivity index (χ1v) is 11.9. The summed E-state index contributed by atoms with van der Waals surface area (Å²) in [5, 5.41) is 16.1. The number of amidine groups is 1. The molecule has 3 saturated carbocycles. The number of nitrogens with one attached hydrogen (secondary N) is 2. The lowest BCUT2D eigenvalue weighted by Gasteiger charge is -2.49. The van der Waals surface area contributed by atoms with Crippen LogP contribution in [0.3, 0.4) is 0 Å². The number of nitrogens with two attached hydrogens (primary N) is 3. The van der Waals surface area contributed by atoms with Crippen LogP contribution in [-0.2, 0) is 4.79 Å². The van der Waals surface area contributed by atoms with Crippen LogP contribution < -0.4 is 22.1 Å². The molecule has 7 heteroatoms. The molecular weight excluding hydrogens is 412 g/mol. The van der Waals surface area contributed by atoms with Crippen molar-refractivity contribution < 1.29 is 4.79 Å². The van der Waals surface area contributed by atoms with Crippen molar-refractivity contribution in [1.29, 1.82) is 10.8 Å². The molecule has 0 saturated heterocycles. The highest BCUT2D eigenvalue weighted by molar-refractivity contribution is 6.02. The molecule has 2 aromatic rings. The molecule has 1 aliphatic heterocycles. The molecule has 8 N–H and O–H groups in total. The summed E-state index contributed by atoms with van der Waals surface area (Å²) in [6.07, 6.45) is 6.71. The van der Waals surface area contributed by atoms with Crippen molar-refractivity contribution in [1.82, 2.24) is 0 Å². The van der Waals surface area contributed by atoms with E-state index in [4.69, 9.17) is 28.0 Å². The van der Waals surface area contributed by atoms with Gasteiger partial charge in [0.25, 0.3) is 0 Å². The van der Waals surface area contributed by atoms with E-state index < -0.39 is 0 Å². The van der Waals surface area contributed by atoms with Gasteiger partial charge >= 0.3 is 0 Å². The second kappa shape index (κ2) is 7.07. The van der Waals surface area contributed by atoms with E-state index in [9.17, 15) is 4.79 Å². The maximum Gasteiger partial charge on any atom is 0.230 e. The van der Waals surface area contributed by atoms with Crippen molar-refractivity contribution in [3.63, 3.8) is 0 Å². The van der Waals surface area contributed by atoms with Crippen LogP contribution in [-0.4, -0.2) is 18.0 Å². The third-order valence-corrected chi connectivity index (χ3v) is 8.53. The zero-order valence-electron chi connectivity index (χ0n) is 18.6. The Kier molecular flexibility index (Phi) is 4.34. The molecule has 33 heavy (non-hydrogen) atoms. The number of rotatable bonds is 4. The molecular formula is C26H30N6O. The van der Waals surface area contributed by atoms with Crippen LogP contribution >= 0.6 is 0 Å². The Morgan fingerprint density at radius 2 is 1.76 bits per heavy atom. The monoisotopic (exact) mass is 442 g/mol. The highest BCUT2D eigenvalue weighted by Crippen LogP contribution is 2.66. The van der Waals surface area contributed by atoms with E-state index in [1.807, 2.05) is 35.2 Å². The number of hydrogen-bond donors (Lipinski definition) is 5. The minimum atomic E-state index is -0.133. The normalized spacial score (nSPS) is 29.5. The third kappa shape index (κ3) is 2.84. The summed E-state index contributed by atoms with van der Waals surface area (Å²) in [6.45, 7) is 0. The van der Waals surface area contributed by atoms with Crippen LogP contribution in [0.1, 0.15) is 66.3 Å². The SMILES string of the molecule is N=Cc1c(N)ccc2c1[C@H]1[C@@H]3CCC(C3)[C@H]1C(c1ccc(N)c(C(=N)N)c1)N2C(=O)C1CC1. The van der Waals surface area contributed by atoms with Crippen LogP contribution in [0, 0.1) is 34.5 Å². The second-order valence-electron chi connectivity index (χ2n) is 10.3. The molecule has 1 amide bonds. The van der Waals surface area contributed by atoms with Gasteiger partial charge < -0.3 is 27.5 Å². The van der Waals surface area contributed by atoms with E-state index in [0.717, 1.165) is 41.6 Å². The summed E-state index contributed by atoms with van der Waals surface area (Å²) in [5.41, 5.74) is 23.7. The van der Waals surface area contributed by atoms with Gasteiger partial charge in [-0.2, -0.15) is 0 Å². The first kappa shape index (κ1) is 20.3. The molecule has 0 spiro atoms. The van der Waals surface area contributed by atoms with Gasteiger partial charge in [-0.15, -0.1) is 0 Å².